The van der Waals surface area contributed by atoms with E-state index in [0.29, 0.717) is 5.75 Å². The molecule has 0 aliphatic rings. The Labute approximate surface area is 113 Å². The molecule has 2 aromatic rings. The molecule has 3 nitrogen and oxygen atoms in total. The van der Waals surface area contributed by atoms with Gasteiger partial charge in [-0.15, -0.1) is 0 Å². The predicted molar refractivity (Wildman–Crippen MR) is 76.4 cm³/mol. The standard InChI is InChI=1S/C15H15BO3/c1-18-15(17)14(11-5-3-2-4-6-11)19-13-9-7-12(16)8-10-13/h2-10,14H,16H2,1H3. The van der Waals surface area contributed by atoms with Crippen molar-refractivity contribution in [2.45, 2.75) is 6.10 Å². The zero-order valence-electron chi connectivity index (χ0n) is 11.0. The lowest BCUT2D eigenvalue weighted by atomic mass is 9.97. The van der Waals surface area contributed by atoms with Crippen LogP contribution in [-0.4, -0.2) is 20.9 Å². The second-order valence-corrected chi connectivity index (χ2v) is 4.24. The molecule has 0 heterocycles. The molecule has 1 unspecified atom stereocenters. The van der Waals surface area contributed by atoms with Crippen molar-refractivity contribution in [2.75, 3.05) is 7.11 Å². The molecule has 0 aliphatic carbocycles. The van der Waals surface area contributed by atoms with Crippen LogP contribution in [-0.2, 0) is 9.53 Å². The molecule has 96 valence electrons. The van der Waals surface area contributed by atoms with Crippen molar-refractivity contribution in [1.82, 2.24) is 0 Å². The van der Waals surface area contributed by atoms with Gasteiger partial charge < -0.3 is 9.47 Å². The monoisotopic (exact) mass is 254 g/mol. The highest BCUT2D eigenvalue weighted by Crippen LogP contribution is 2.22. The summed E-state index contributed by atoms with van der Waals surface area (Å²) in [6, 6.07) is 16.9. The van der Waals surface area contributed by atoms with E-state index in [9.17, 15) is 4.79 Å². The van der Waals surface area contributed by atoms with Crippen LogP contribution < -0.4 is 10.2 Å². The number of esters is 1. The number of ether oxygens (including phenoxy) is 2. The summed E-state index contributed by atoms with van der Waals surface area (Å²) in [6.07, 6.45) is -0.742. The third kappa shape index (κ3) is 3.38. The van der Waals surface area contributed by atoms with Crippen LogP contribution in [0.25, 0.3) is 0 Å². The molecule has 2 rings (SSSR count). The SMILES string of the molecule is Bc1ccc(OC(C(=O)OC)c2ccccc2)cc1. The molecule has 0 saturated heterocycles. The maximum absolute atomic E-state index is 11.8. The largest absolute Gasteiger partial charge is 0.474 e. The van der Waals surface area contributed by atoms with Crippen molar-refractivity contribution in [3.63, 3.8) is 0 Å². The maximum Gasteiger partial charge on any atom is 0.351 e. The first-order valence-electron chi connectivity index (χ1n) is 6.07. The number of hydrogen-bond acceptors (Lipinski definition) is 3. The first kappa shape index (κ1) is 13.2. The van der Waals surface area contributed by atoms with Gasteiger partial charge in [0, 0.05) is 5.56 Å². The lowest BCUT2D eigenvalue weighted by Gasteiger charge is -2.17. The molecular weight excluding hydrogens is 239 g/mol. The first-order valence-corrected chi connectivity index (χ1v) is 6.07. The second-order valence-electron chi connectivity index (χ2n) is 4.24. The Bertz CT molecular complexity index is 537. The third-order valence-electron chi connectivity index (χ3n) is 2.79. The van der Waals surface area contributed by atoms with E-state index in [2.05, 4.69) is 0 Å². The van der Waals surface area contributed by atoms with E-state index in [1.54, 1.807) is 0 Å². The summed E-state index contributed by atoms with van der Waals surface area (Å²) in [7, 11) is 3.36. The van der Waals surface area contributed by atoms with Gasteiger partial charge in [0.25, 0.3) is 0 Å². The van der Waals surface area contributed by atoms with Gasteiger partial charge in [0.15, 0.2) is 0 Å². The number of benzene rings is 2. The van der Waals surface area contributed by atoms with E-state index < -0.39 is 12.1 Å². The Morgan fingerprint density at radius 1 is 1.05 bits per heavy atom. The van der Waals surface area contributed by atoms with E-state index in [-0.39, 0.29) is 0 Å². The molecule has 0 N–H and O–H groups in total. The van der Waals surface area contributed by atoms with Gasteiger partial charge in [-0.3, -0.25) is 0 Å². The van der Waals surface area contributed by atoms with E-state index in [1.807, 2.05) is 62.4 Å². The van der Waals surface area contributed by atoms with Crippen LogP contribution in [0.1, 0.15) is 11.7 Å². The Hall–Kier alpha value is -2.23. The van der Waals surface area contributed by atoms with Crippen LogP contribution in [0.15, 0.2) is 54.6 Å². The summed E-state index contributed by atoms with van der Waals surface area (Å²) in [5.74, 6) is 0.233. The summed E-state index contributed by atoms with van der Waals surface area (Å²) in [6.45, 7) is 0. The topological polar surface area (TPSA) is 35.5 Å². The minimum atomic E-state index is -0.742. The van der Waals surface area contributed by atoms with E-state index in [1.165, 1.54) is 7.11 Å². The molecule has 19 heavy (non-hydrogen) atoms. The van der Waals surface area contributed by atoms with Crippen LogP contribution in [0.4, 0.5) is 0 Å². The fourth-order valence-electron chi connectivity index (χ4n) is 1.74. The summed E-state index contributed by atoms with van der Waals surface area (Å²) in [5.41, 5.74) is 1.91. The molecule has 0 aliphatic heterocycles. The van der Waals surface area contributed by atoms with Gasteiger partial charge in [-0.1, -0.05) is 47.9 Å². The van der Waals surface area contributed by atoms with Crippen molar-refractivity contribution in [3.8, 4) is 5.75 Å². The van der Waals surface area contributed by atoms with Gasteiger partial charge in [0.2, 0.25) is 6.10 Å². The van der Waals surface area contributed by atoms with Gasteiger partial charge >= 0.3 is 5.97 Å². The highest BCUT2D eigenvalue weighted by atomic mass is 16.6. The molecule has 2 aromatic carbocycles. The number of hydrogen-bond donors (Lipinski definition) is 0. The van der Waals surface area contributed by atoms with Crippen LogP contribution >= 0.6 is 0 Å². The summed E-state index contributed by atoms with van der Waals surface area (Å²) in [5, 5.41) is 0. The Kier molecular flexibility index (Phi) is 4.24. The van der Waals surface area contributed by atoms with Gasteiger partial charge in [-0.2, -0.15) is 0 Å². The highest BCUT2D eigenvalue weighted by Gasteiger charge is 2.23. The smallest absolute Gasteiger partial charge is 0.351 e. The van der Waals surface area contributed by atoms with Crippen molar-refractivity contribution < 1.29 is 14.3 Å². The number of methoxy groups -OCH3 is 1. The second kappa shape index (κ2) is 6.09. The van der Waals surface area contributed by atoms with Gasteiger partial charge in [0.05, 0.1) is 7.11 Å². The molecule has 0 bridgehead atoms. The van der Waals surface area contributed by atoms with Crippen molar-refractivity contribution in [1.29, 1.82) is 0 Å². The molecule has 0 amide bonds. The molecule has 0 aromatic heterocycles. The van der Waals surface area contributed by atoms with Crippen LogP contribution in [0.2, 0.25) is 0 Å². The maximum atomic E-state index is 11.8. The average molecular weight is 254 g/mol. The van der Waals surface area contributed by atoms with Gasteiger partial charge in [0.1, 0.15) is 13.6 Å². The lowest BCUT2D eigenvalue weighted by Crippen LogP contribution is -2.20. The van der Waals surface area contributed by atoms with Crippen molar-refractivity contribution in [2.24, 2.45) is 0 Å². The van der Waals surface area contributed by atoms with Crippen molar-refractivity contribution in [3.05, 3.63) is 60.2 Å². The highest BCUT2D eigenvalue weighted by molar-refractivity contribution is 6.32. The zero-order chi connectivity index (χ0) is 13.7. The number of carbonyl (C=O) groups is 1. The molecule has 1 atom stereocenters. The fourth-order valence-corrected chi connectivity index (χ4v) is 1.74. The van der Waals surface area contributed by atoms with Gasteiger partial charge in [-0.05, 0) is 12.1 Å². The first-order chi connectivity index (χ1) is 9.20. The van der Waals surface area contributed by atoms with Crippen LogP contribution in [0.3, 0.4) is 0 Å². The van der Waals surface area contributed by atoms with Crippen molar-refractivity contribution >= 4 is 19.3 Å². The van der Waals surface area contributed by atoms with Gasteiger partial charge in [-0.25, -0.2) is 4.79 Å². The van der Waals surface area contributed by atoms with E-state index >= 15 is 0 Å². The summed E-state index contributed by atoms with van der Waals surface area (Å²) in [4.78, 5) is 11.8. The molecule has 0 spiro atoms. The molecular formula is C15H15BO3. The Morgan fingerprint density at radius 2 is 1.68 bits per heavy atom. The quantitative estimate of drug-likeness (QED) is 0.608. The summed E-state index contributed by atoms with van der Waals surface area (Å²) >= 11 is 0. The molecule has 4 heteroatoms. The minimum Gasteiger partial charge on any atom is -0.474 e. The third-order valence-corrected chi connectivity index (χ3v) is 2.79. The number of rotatable bonds is 4. The molecule has 0 saturated carbocycles. The van der Waals surface area contributed by atoms with Crippen LogP contribution in [0, 0.1) is 0 Å². The number of carbonyl (C=O) groups excluding carboxylic acids is 1. The van der Waals surface area contributed by atoms with E-state index in [4.69, 9.17) is 9.47 Å². The normalized spacial score (nSPS) is 11.6. The average Bonchev–Trinajstić information content (AvgIpc) is 2.47. The Morgan fingerprint density at radius 3 is 2.26 bits per heavy atom. The minimum absolute atomic E-state index is 0.410. The van der Waals surface area contributed by atoms with E-state index in [0.717, 1.165) is 11.0 Å². The summed E-state index contributed by atoms with van der Waals surface area (Å²) < 4.78 is 10.5. The van der Waals surface area contributed by atoms with Crippen LogP contribution in [0.5, 0.6) is 5.75 Å². The molecule has 0 fully saturated rings. The Balaban J connectivity index is 2.24. The lowest BCUT2D eigenvalue weighted by molar-refractivity contribution is -0.149. The fraction of sp³-hybridized carbons (Fsp3) is 0.133. The predicted octanol–water partition coefficient (Wildman–Crippen LogP) is 1.24. The molecule has 0 radical (unpaired) electrons. The zero-order valence-corrected chi connectivity index (χ0v) is 11.0.